The van der Waals surface area contributed by atoms with Gasteiger partial charge < -0.3 is 0 Å². The van der Waals surface area contributed by atoms with E-state index in [0.29, 0.717) is 17.4 Å². The highest BCUT2D eigenvalue weighted by molar-refractivity contribution is 5.29. The third-order valence-corrected chi connectivity index (χ3v) is 3.16. The van der Waals surface area contributed by atoms with Crippen molar-refractivity contribution in [1.29, 1.82) is 0 Å². The summed E-state index contributed by atoms with van der Waals surface area (Å²) in [6.07, 6.45) is 0.875. The molecule has 0 spiro atoms. The maximum absolute atomic E-state index is 13.4. The van der Waals surface area contributed by atoms with Gasteiger partial charge in [0.2, 0.25) is 0 Å². The van der Waals surface area contributed by atoms with Crippen LogP contribution >= 0.6 is 0 Å². The van der Waals surface area contributed by atoms with E-state index >= 15 is 0 Å². The zero-order chi connectivity index (χ0) is 11.2. The monoisotopic (exact) mass is 214 g/mol. The minimum atomic E-state index is -1.35. The van der Waals surface area contributed by atoms with Crippen molar-refractivity contribution in [2.24, 2.45) is 11.8 Å². The van der Waals surface area contributed by atoms with Crippen LogP contribution in [0, 0.1) is 29.3 Å². The second kappa shape index (κ2) is 3.54. The minimum Gasteiger partial charge on any atom is -0.204 e. The Labute approximate surface area is 87.1 Å². The number of hydrogen-bond acceptors (Lipinski definition) is 0. The molecule has 15 heavy (non-hydrogen) atoms. The van der Waals surface area contributed by atoms with E-state index in [4.69, 9.17) is 0 Å². The molecule has 2 atom stereocenters. The molecule has 1 aromatic rings. The van der Waals surface area contributed by atoms with Crippen LogP contribution in [0.15, 0.2) is 12.1 Å². The summed E-state index contributed by atoms with van der Waals surface area (Å²) in [6, 6.07) is 2.37. The highest BCUT2D eigenvalue weighted by Crippen LogP contribution is 2.52. The van der Waals surface area contributed by atoms with Crippen LogP contribution in [0.3, 0.4) is 0 Å². The van der Waals surface area contributed by atoms with Crippen molar-refractivity contribution in [3.05, 3.63) is 35.1 Å². The third kappa shape index (κ3) is 1.75. The quantitative estimate of drug-likeness (QED) is 0.656. The van der Waals surface area contributed by atoms with Gasteiger partial charge in [0.05, 0.1) is 0 Å². The summed E-state index contributed by atoms with van der Waals surface area (Å²) in [5.74, 6) is -2.53. The smallest absolute Gasteiger partial charge is 0.194 e. The maximum atomic E-state index is 13.4. The highest BCUT2D eigenvalue weighted by atomic mass is 19.2. The Balaban J connectivity index is 2.28. The lowest BCUT2D eigenvalue weighted by Gasteiger charge is -2.06. The average molecular weight is 214 g/mol. The fourth-order valence-electron chi connectivity index (χ4n) is 2.14. The van der Waals surface area contributed by atoms with Crippen LogP contribution in [0.2, 0.25) is 0 Å². The first kappa shape index (κ1) is 10.5. The lowest BCUT2D eigenvalue weighted by atomic mass is 10.0. The summed E-state index contributed by atoms with van der Waals surface area (Å²) < 4.78 is 39.0. The Bertz CT molecular complexity index is 385. The predicted molar refractivity (Wildman–Crippen MR) is 52.0 cm³/mol. The van der Waals surface area contributed by atoms with Crippen molar-refractivity contribution >= 4 is 0 Å². The van der Waals surface area contributed by atoms with E-state index in [0.717, 1.165) is 12.5 Å². The SMILES string of the molecule is CC(C)[C@H]1C[C@@H]1c1ccc(F)c(F)c1F. The summed E-state index contributed by atoms with van der Waals surface area (Å²) in [7, 11) is 0. The molecule has 0 nitrogen and oxygen atoms in total. The lowest BCUT2D eigenvalue weighted by molar-refractivity contribution is 0.438. The number of rotatable bonds is 2. The van der Waals surface area contributed by atoms with Gasteiger partial charge in [-0.1, -0.05) is 19.9 Å². The summed E-state index contributed by atoms with van der Waals surface area (Å²) in [4.78, 5) is 0. The normalized spacial score (nSPS) is 24.7. The number of halogens is 3. The molecule has 0 unspecified atom stereocenters. The van der Waals surface area contributed by atoms with Crippen molar-refractivity contribution in [3.8, 4) is 0 Å². The van der Waals surface area contributed by atoms with Crippen molar-refractivity contribution < 1.29 is 13.2 Å². The summed E-state index contributed by atoms with van der Waals surface area (Å²) >= 11 is 0. The first-order valence-corrected chi connectivity index (χ1v) is 5.15. The highest BCUT2D eigenvalue weighted by Gasteiger charge is 2.42. The molecule has 0 bridgehead atoms. The molecule has 1 saturated carbocycles. The third-order valence-electron chi connectivity index (χ3n) is 3.16. The van der Waals surface area contributed by atoms with E-state index in [-0.39, 0.29) is 5.92 Å². The van der Waals surface area contributed by atoms with Gasteiger partial charge in [0.25, 0.3) is 0 Å². The standard InChI is InChI=1S/C12H13F3/c1-6(2)8-5-9(8)7-3-4-10(13)12(15)11(7)14/h3-4,6,8-9H,5H2,1-2H3/t8-,9-/m1/s1. The van der Waals surface area contributed by atoms with Gasteiger partial charge in [-0.2, -0.15) is 0 Å². The van der Waals surface area contributed by atoms with Crippen LogP contribution in [0.1, 0.15) is 31.7 Å². The zero-order valence-electron chi connectivity index (χ0n) is 8.73. The Hall–Kier alpha value is -0.990. The van der Waals surface area contributed by atoms with E-state index in [1.54, 1.807) is 0 Å². The van der Waals surface area contributed by atoms with Crippen molar-refractivity contribution in [2.75, 3.05) is 0 Å². The van der Waals surface area contributed by atoms with Gasteiger partial charge in [0, 0.05) is 0 Å². The Kier molecular flexibility index (Phi) is 2.49. The van der Waals surface area contributed by atoms with E-state index in [1.807, 2.05) is 0 Å². The minimum absolute atomic E-state index is 0.0695. The summed E-state index contributed by atoms with van der Waals surface area (Å²) in [5, 5.41) is 0. The Morgan fingerprint density at radius 3 is 2.33 bits per heavy atom. The molecule has 0 N–H and O–H groups in total. The van der Waals surface area contributed by atoms with E-state index in [9.17, 15) is 13.2 Å². The predicted octanol–water partition coefficient (Wildman–Crippen LogP) is 3.86. The van der Waals surface area contributed by atoms with Crippen LogP contribution in [0.4, 0.5) is 13.2 Å². The molecule has 0 amide bonds. The van der Waals surface area contributed by atoms with Crippen LogP contribution < -0.4 is 0 Å². The van der Waals surface area contributed by atoms with Gasteiger partial charge in [0.1, 0.15) is 0 Å². The van der Waals surface area contributed by atoms with Crippen LogP contribution in [0.25, 0.3) is 0 Å². The topological polar surface area (TPSA) is 0 Å². The van der Waals surface area contributed by atoms with Gasteiger partial charge >= 0.3 is 0 Å². The molecule has 0 saturated heterocycles. The molecule has 1 aliphatic carbocycles. The molecule has 3 heteroatoms. The molecule has 0 aromatic heterocycles. The fourth-order valence-corrected chi connectivity index (χ4v) is 2.14. The molecule has 0 radical (unpaired) electrons. The fraction of sp³-hybridized carbons (Fsp3) is 0.500. The molecule has 1 aliphatic rings. The van der Waals surface area contributed by atoms with Crippen LogP contribution in [0.5, 0.6) is 0 Å². The number of hydrogen-bond donors (Lipinski definition) is 0. The molecule has 82 valence electrons. The number of benzene rings is 1. The average Bonchev–Trinajstić information content (AvgIpc) is 2.94. The first-order chi connectivity index (χ1) is 7.02. The van der Waals surface area contributed by atoms with Gasteiger partial charge in [0.15, 0.2) is 17.5 Å². The van der Waals surface area contributed by atoms with Crippen molar-refractivity contribution in [2.45, 2.75) is 26.2 Å². The largest absolute Gasteiger partial charge is 0.204 e. The first-order valence-electron chi connectivity index (χ1n) is 5.15. The van der Waals surface area contributed by atoms with Gasteiger partial charge in [-0.15, -0.1) is 0 Å². The Morgan fingerprint density at radius 2 is 1.80 bits per heavy atom. The van der Waals surface area contributed by atoms with Gasteiger partial charge in [-0.05, 0) is 35.8 Å². The Morgan fingerprint density at radius 1 is 1.13 bits per heavy atom. The van der Waals surface area contributed by atoms with Gasteiger partial charge in [-0.25, -0.2) is 13.2 Å². The molecule has 2 rings (SSSR count). The van der Waals surface area contributed by atoms with E-state index < -0.39 is 17.5 Å². The molecule has 0 aliphatic heterocycles. The van der Waals surface area contributed by atoms with E-state index in [2.05, 4.69) is 13.8 Å². The molecular weight excluding hydrogens is 201 g/mol. The second-order valence-electron chi connectivity index (χ2n) is 4.51. The molecule has 0 heterocycles. The molecular formula is C12H13F3. The van der Waals surface area contributed by atoms with Crippen molar-refractivity contribution in [3.63, 3.8) is 0 Å². The van der Waals surface area contributed by atoms with Crippen molar-refractivity contribution in [1.82, 2.24) is 0 Å². The summed E-state index contributed by atoms with van der Waals surface area (Å²) in [5.41, 5.74) is 0.326. The molecule has 1 aromatic carbocycles. The molecule has 1 fully saturated rings. The summed E-state index contributed by atoms with van der Waals surface area (Å²) in [6.45, 7) is 4.12. The zero-order valence-corrected chi connectivity index (χ0v) is 8.73. The van der Waals surface area contributed by atoms with Crippen LogP contribution in [-0.4, -0.2) is 0 Å². The van der Waals surface area contributed by atoms with Crippen LogP contribution in [-0.2, 0) is 0 Å². The second-order valence-corrected chi connectivity index (χ2v) is 4.51. The maximum Gasteiger partial charge on any atom is 0.194 e. The lowest BCUT2D eigenvalue weighted by Crippen LogP contribution is -1.99. The van der Waals surface area contributed by atoms with E-state index in [1.165, 1.54) is 6.07 Å². The van der Waals surface area contributed by atoms with Gasteiger partial charge in [-0.3, -0.25) is 0 Å².